The van der Waals surface area contributed by atoms with E-state index in [0.717, 1.165) is 26.2 Å². The molecule has 0 spiro atoms. The van der Waals surface area contributed by atoms with Gasteiger partial charge in [-0.3, -0.25) is 4.79 Å². The number of ether oxygens (including phenoxy) is 1. The molecular weight excluding hydrogens is 292 g/mol. The monoisotopic (exact) mass is 312 g/mol. The van der Waals surface area contributed by atoms with Crippen LogP contribution in [0.4, 0.5) is 0 Å². The van der Waals surface area contributed by atoms with Crippen LogP contribution in [0.15, 0.2) is 18.3 Å². The second-order valence-corrected chi connectivity index (χ2v) is 5.10. The quantitative estimate of drug-likeness (QED) is 0.734. The van der Waals surface area contributed by atoms with Crippen LogP contribution >= 0.6 is 11.6 Å². The molecule has 0 aliphatic carbocycles. The fourth-order valence-electron chi connectivity index (χ4n) is 2.09. The number of nitrogens with one attached hydrogen (secondary N) is 2. The minimum atomic E-state index is -0.0728. The molecule has 0 unspecified atom stereocenters. The van der Waals surface area contributed by atoms with Crippen molar-refractivity contribution in [2.45, 2.75) is 0 Å². The first-order chi connectivity index (χ1) is 10.3. The summed E-state index contributed by atoms with van der Waals surface area (Å²) in [7, 11) is 0. The lowest BCUT2D eigenvalue weighted by Crippen LogP contribution is -2.40. The Kier molecular flexibility index (Phi) is 6.88. The highest BCUT2D eigenvalue weighted by atomic mass is 35.5. The molecule has 0 saturated carbocycles. The number of amides is 1. The van der Waals surface area contributed by atoms with Gasteiger partial charge in [0.25, 0.3) is 5.91 Å². The average molecular weight is 313 g/mol. The Hall–Kier alpha value is -1.21. The normalized spacial score (nSPS) is 18.6. The summed E-state index contributed by atoms with van der Waals surface area (Å²) < 4.78 is 5.17. The molecule has 3 rings (SSSR count). The summed E-state index contributed by atoms with van der Waals surface area (Å²) in [6.45, 7) is 6.96. The molecule has 2 aliphatic rings. The van der Waals surface area contributed by atoms with Gasteiger partial charge >= 0.3 is 0 Å². The first kappa shape index (κ1) is 16.2. The number of rotatable bonds is 1. The van der Waals surface area contributed by atoms with Crippen molar-refractivity contribution in [2.75, 3.05) is 52.5 Å². The summed E-state index contributed by atoms with van der Waals surface area (Å²) in [5.41, 5.74) is 0.459. The minimum absolute atomic E-state index is 0.0728. The van der Waals surface area contributed by atoms with E-state index in [9.17, 15) is 4.79 Å². The lowest BCUT2D eigenvalue weighted by Gasteiger charge is -2.26. The number of pyridine rings is 1. The standard InChI is InChI=1S/C10H11ClN2O2.C4H10N2/c11-9-8(2-1-3-12-9)10(14)13-4-6-15-7-5-13;1-2-6-4-3-5-1/h1-3H,4-7H2;5-6H,1-4H2. The van der Waals surface area contributed by atoms with E-state index in [0.29, 0.717) is 31.9 Å². The topological polar surface area (TPSA) is 66.5 Å². The van der Waals surface area contributed by atoms with Crippen LogP contribution in [0.2, 0.25) is 5.15 Å². The van der Waals surface area contributed by atoms with Crippen molar-refractivity contribution in [3.05, 3.63) is 29.0 Å². The van der Waals surface area contributed by atoms with Crippen molar-refractivity contribution >= 4 is 17.5 Å². The lowest BCUT2D eigenvalue weighted by molar-refractivity contribution is 0.0302. The molecule has 0 aromatic carbocycles. The molecule has 2 fully saturated rings. The summed E-state index contributed by atoms with van der Waals surface area (Å²) >= 11 is 5.85. The van der Waals surface area contributed by atoms with Gasteiger partial charge in [-0.15, -0.1) is 0 Å². The van der Waals surface area contributed by atoms with Crippen LogP contribution in [0.3, 0.4) is 0 Å². The van der Waals surface area contributed by atoms with Gasteiger partial charge in [0.15, 0.2) is 0 Å². The Morgan fingerprint density at radius 1 is 1.19 bits per heavy atom. The van der Waals surface area contributed by atoms with Gasteiger partial charge in [-0.05, 0) is 12.1 Å². The number of hydrogen-bond acceptors (Lipinski definition) is 5. The number of morpholine rings is 1. The second-order valence-electron chi connectivity index (χ2n) is 4.75. The number of aromatic nitrogens is 1. The van der Waals surface area contributed by atoms with Crippen molar-refractivity contribution < 1.29 is 9.53 Å². The molecule has 7 heteroatoms. The molecule has 2 N–H and O–H groups in total. The number of carbonyl (C=O) groups excluding carboxylic acids is 1. The number of carbonyl (C=O) groups is 1. The molecule has 1 aromatic rings. The maximum absolute atomic E-state index is 12.0. The highest BCUT2D eigenvalue weighted by Crippen LogP contribution is 2.14. The molecular formula is C14H21ClN4O2. The molecule has 0 radical (unpaired) electrons. The van der Waals surface area contributed by atoms with Crippen LogP contribution < -0.4 is 10.6 Å². The van der Waals surface area contributed by atoms with Crippen molar-refractivity contribution in [1.29, 1.82) is 0 Å². The Labute approximate surface area is 129 Å². The summed E-state index contributed by atoms with van der Waals surface area (Å²) in [6.07, 6.45) is 1.57. The van der Waals surface area contributed by atoms with E-state index in [2.05, 4.69) is 15.6 Å². The minimum Gasteiger partial charge on any atom is -0.378 e. The lowest BCUT2D eigenvalue weighted by atomic mass is 10.2. The Bertz CT molecular complexity index is 437. The maximum atomic E-state index is 12.0. The van der Waals surface area contributed by atoms with Crippen LogP contribution in [0, 0.1) is 0 Å². The molecule has 0 atom stereocenters. The van der Waals surface area contributed by atoms with Gasteiger partial charge in [-0.1, -0.05) is 11.6 Å². The van der Waals surface area contributed by atoms with E-state index < -0.39 is 0 Å². The highest BCUT2D eigenvalue weighted by molar-refractivity contribution is 6.32. The maximum Gasteiger partial charge on any atom is 0.257 e. The van der Waals surface area contributed by atoms with Crippen LogP contribution in [0.1, 0.15) is 10.4 Å². The smallest absolute Gasteiger partial charge is 0.257 e. The van der Waals surface area contributed by atoms with Crippen LogP contribution in [-0.4, -0.2) is 68.3 Å². The van der Waals surface area contributed by atoms with Crippen molar-refractivity contribution in [1.82, 2.24) is 20.5 Å². The van der Waals surface area contributed by atoms with Crippen LogP contribution in [-0.2, 0) is 4.74 Å². The predicted molar refractivity (Wildman–Crippen MR) is 81.7 cm³/mol. The van der Waals surface area contributed by atoms with Gasteiger partial charge in [0.1, 0.15) is 5.15 Å². The molecule has 116 valence electrons. The Balaban J connectivity index is 0.000000225. The van der Waals surface area contributed by atoms with E-state index in [1.807, 2.05) is 0 Å². The zero-order valence-electron chi connectivity index (χ0n) is 12.0. The third-order valence-corrected chi connectivity index (χ3v) is 3.55. The molecule has 21 heavy (non-hydrogen) atoms. The molecule has 1 aromatic heterocycles. The van der Waals surface area contributed by atoms with E-state index in [1.165, 1.54) is 0 Å². The zero-order valence-corrected chi connectivity index (χ0v) is 12.7. The van der Waals surface area contributed by atoms with Crippen molar-refractivity contribution in [3.8, 4) is 0 Å². The molecule has 6 nitrogen and oxygen atoms in total. The predicted octanol–water partition coefficient (Wildman–Crippen LogP) is 0.387. The van der Waals surface area contributed by atoms with Crippen LogP contribution in [0.5, 0.6) is 0 Å². The van der Waals surface area contributed by atoms with Crippen LogP contribution in [0.25, 0.3) is 0 Å². The Morgan fingerprint density at radius 2 is 1.81 bits per heavy atom. The SMILES string of the molecule is C1CNCCN1.O=C(c1cccnc1Cl)N1CCOCC1. The summed E-state index contributed by atoms with van der Waals surface area (Å²) in [4.78, 5) is 17.6. The largest absolute Gasteiger partial charge is 0.378 e. The molecule has 2 saturated heterocycles. The summed E-state index contributed by atoms with van der Waals surface area (Å²) in [5, 5.41) is 6.70. The summed E-state index contributed by atoms with van der Waals surface area (Å²) in [6, 6.07) is 3.40. The van der Waals surface area contributed by atoms with Gasteiger partial charge in [0.05, 0.1) is 18.8 Å². The van der Waals surface area contributed by atoms with Crippen molar-refractivity contribution in [3.63, 3.8) is 0 Å². The van der Waals surface area contributed by atoms with Gasteiger partial charge < -0.3 is 20.3 Å². The fraction of sp³-hybridized carbons (Fsp3) is 0.571. The van der Waals surface area contributed by atoms with Gasteiger partial charge in [-0.2, -0.15) is 0 Å². The van der Waals surface area contributed by atoms with E-state index >= 15 is 0 Å². The number of nitrogens with zero attached hydrogens (tertiary/aromatic N) is 2. The summed E-state index contributed by atoms with van der Waals surface area (Å²) in [5.74, 6) is -0.0728. The second kappa shape index (κ2) is 8.94. The van der Waals surface area contributed by atoms with E-state index in [4.69, 9.17) is 16.3 Å². The van der Waals surface area contributed by atoms with Crippen molar-refractivity contribution in [2.24, 2.45) is 0 Å². The van der Waals surface area contributed by atoms with Gasteiger partial charge in [-0.25, -0.2) is 4.98 Å². The van der Waals surface area contributed by atoms with Gasteiger partial charge in [0, 0.05) is 45.5 Å². The number of hydrogen-bond donors (Lipinski definition) is 2. The third-order valence-electron chi connectivity index (χ3n) is 3.24. The van der Waals surface area contributed by atoms with Gasteiger partial charge in [0.2, 0.25) is 0 Å². The number of piperazine rings is 1. The molecule has 1 amide bonds. The molecule has 0 bridgehead atoms. The third kappa shape index (κ3) is 5.24. The fourth-order valence-corrected chi connectivity index (χ4v) is 2.29. The average Bonchev–Trinajstić information content (AvgIpc) is 2.58. The van der Waals surface area contributed by atoms with E-state index in [1.54, 1.807) is 23.2 Å². The first-order valence-corrected chi connectivity index (χ1v) is 7.56. The van der Waals surface area contributed by atoms with E-state index in [-0.39, 0.29) is 11.1 Å². The Morgan fingerprint density at radius 3 is 2.33 bits per heavy atom. The number of halogens is 1. The zero-order chi connectivity index (χ0) is 14.9. The molecule has 2 aliphatic heterocycles. The molecule has 3 heterocycles. The highest BCUT2D eigenvalue weighted by Gasteiger charge is 2.20. The first-order valence-electron chi connectivity index (χ1n) is 7.18.